The molecule has 0 atom stereocenters. The summed E-state index contributed by atoms with van der Waals surface area (Å²) < 4.78 is 5.32. The molecule has 3 aromatic carbocycles. The lowest BCUT2D eigenvalue weighted by Crippen LogP contribution is -2.24. The lowest BCUT2D eigenvalue weighted by molar-refractivity contribution is -0.123. The van der Waals surface area contributed by atoms with E-state index >= 15 is 0 Å². The number of hydrogen-bond acceptors (Lipinski definition) is 4. The number of rotatable bonds is 5. The van der Waals surface area contributed by atoms with E-state index < -0.39 is 5.91 Å². The van der Waals surface area contributed by atoms with Crippen molar-refractivity contribution in [3.05, 3.63) is 70.2 Å². The normalized spacial score (nSPS) is 11.0. The van der Waals surface area contributed by atoms with Gasteiger partial charge in [-0.25, -0.2) is 5.43 Å². The smallest absolute Gasteiger partial charge is 0.277 e. The summed E-state index contributed by atoms with van der Waals surface area (Å²) in [6.45, 7) is -0.279. The molecule has 0 aliphatic rings. The van der Waals surface area contributed by atoms with Gasteiger partial charge in [0.25, 0.3) is 5.91 Å². The zero-order valence-corrected chi connectivity index (χ0v) is 15.0. The van der Waals surface area contributed by atoms with Gasteiger partial charge in [0.1, 0.15) is 11.5 Å². The van der Waals surface area contributed by atoms with Crippen LogP contribution in [0.1, 0.15) is 5.56 Å². The first-order valence-electron chi connectivity index (χ1n) is 7.65. The minimum absolute atomic E-state index is 0.0728. The summed E-state index contributed by atoms with van der Waals surface area (Å²) in [6.07, 6.45) is 1.39. The van der Waals surface area contributed by atoms with Crippen molar-refractivity contribution in [1.82, 2.24) is 5.43 Å². The molecule has 132 valence electrons. The van der Waals surface area contributed by atoms with E-state index in [2.05, 4.69) is 10.5 Å². The number of nitrogens with zero attached hydrogens (tertiary/aromatic N) is 1. The lowest BCUT2D eigenvalue weighted by Gasteiger charge is -2.07. The van der Waals surface area contributed by atoms with E-state index in [4.69, 9.17) is 27.9 Å². The van der Waals surface area contributed by atoms with E-state index in [1.54, 1.807) is 18.2 Å². The summed E-state index contributed by atoms with van der Waals surface area (Å²) in [7, 11) is 0. The number of carbonyl (C=O) groups is 1. The van der Waals surface area contributed by atoms with Gasteiger partial charge in [0, 0.05) is 16.7 Å². The summed E-state index contributed by atoms with van der Waals surface area (Å²) in [5.41, 5.74) is 2.86. The third kappa shape index (κ3) is 4.25. The van der Waals surface area contributed by atoms with E-state index in [1.165, 1.54) is 12.3 Å². The van der Waals surface area contributed by atoms with Crippen LogP contribution in [0.4, 0.5) is 0 Å². The van der Waals surface area contributed by atoms with Crippen molar-refractivity contribution in [3.63, 3.8) is 0 Å². The molecule has 0 bridgehead atoms. The summed E-state index contributed by atoms with van der Waals surface area (Å²) >= 11 is 11.8. The first-order chi connectivity index (χ1) is 12.5. The SMILES string of the molecule is O=C(COc1cc(Cl)ccc1Cl)NN=Cc1c(O)ccc2ccccc12. The number of hydrazone groups is 1. The predicted molar refractivity (Wildman–Crippen MR) is 103 cm³/mol. The van der Waals surface area contributed by atoms with Crippen LogP contribution in [-0.2, 0) is 4.79 Å². The molecule has 0 saturated carbocycles. The molecule has 0 aliphatic heterocycles. The van der Waals surface area contributed by atoms with Crippen LogP contribution in [-0.4, -0.2) is 23.8 Å². The minimum atomic E-state index is -0.475. The quantitative estimate of drug-likeness (QED) is 0.503. The number of benzene rings is 3. The Morgan fingerprint density at radius 1 is 1.15 bits per heavy atom. The fourth-order valence-corrected chi connectivity index (χ4v) is 2.69. The molecule has 7 heteroatoms. The largest absolute Gasteiger partial charge is 0.507 e. The first kappa shape index (κ1) is 18.0. The molecule has 0 saturated heterocycles. The van der Waals surface area contributed by atoms with E-state index in [0.29, 0.717) is 21.4 Å². The van der Waals surface area contributed by atoms with E-state index in [9.17, 15) is 9.90 Å². The van der Waals surface area contributed by atoms with Gasteiger partial charge in [-0.3, -0.25) is 4.79 Å². The average Bonchev–Trinajstić information content (AvgIpc) is 2.64. The number of hydrogen-bond donors (Lipinski definition) is 2. The molecule has 5 nitrogen and oxygen atoms in total. The standard InChI is InChI=1S/C19H14Cl2N2O3/c20-13-6-7-16(21)18(9-13)26-11-19(25)23-22-10-15-14-4-2-1-3-12(14)5-8-17(15)24/h1-10,24H,11H2,(H,23,25). The van der Waals surface area contributed by atoms with Crippen molar-refractivity contribution in [1.29, 1.82) is 0 Å². The second-order valence-electron chi connectivity index (χ2n) is 5.38. The summed E-state index contributed by atoms with van der Waals surface area (Å²) in [5, 5.41) is 16.5. The van der Waals surface area contributed by atoms with Gasteiger partial charge in [-0.2, -0.15) is 5.10 Å². The molecular weight excluding hydrogens is 375 g/mol. The Morgan fingerprint density at radius 2 is 1.96 bits per heavy atom. The van der Waals surface area contributed by atoms with E-state index in [1.807, 2.05) is 30.3 Å². The Morgan fingerprint density at radius 3 is 2.81 bits per heavy atom. The monoisotopic (exact) mass is 388 g/mol. The van der Waals surface area contributed by atoms with Crippen molar-refractivity contribution in [2.24, 2.45) is 5.10 Å². The van der Waals surface area contributed by atoms with Gasteiger partial charge in [-0.1, -0.05) is 53.5 Å². The molecular formula is C19H14Cl2N2O3. The number of phenolic OH excluding ortho intramolecular Hbond substituents is 1. The molecule has 0 fully saturated rings. The zero-order chi connectivity index (χ0) is 18.5. The van der Waals surface area contributed by atoms with Crippen molar-refractivity contribution in [2.45, 2.75) is 0 Å². The number of carbonyl (C=O) groups excluding carboxylic acids is 1. The molecule has 1 amide bonds. The van der Waals surface area contributed by atoms with Gasteiger partial charge in [0.05, 0.1) is 11.2 Å². The Hall–Kier alpha value is -2.76. The second-order valence-corrected chi connectivity index (χ2v) is 6.22. The highest BCUT2D eigenvalue weighted by Gasteiger charge is 2.07. The first-order valence-corrected chi connectivity index (χ1v) is 8.40. The predicted octanol–water partition coefficient (Wildman–Crippen LogP) is 4.38. The average molecular weight is 389 g/mol. The Balaban J connectivity index is 1.65. The number of ether oxygens (including phenoxy) is 1. The highest BCUT2D eigenvalue weighted by molar-refractivity contribution is 6.34. The van der Waals surface area contributed by atoms with Crippen LogP contribution >= 0.6 is 23.2 Å². The topological polar surface area (TPSA) is 70.9 Å². The second kappa shape index (κ2) is 8.08. The molecule has 0 unspecified atom stereocenters. The van der Waals surface area contributed by atoms with Gasteiger partial charge in [0.2, 0.25) is 0 Å². The number of halogens is 2. The van der Waals surface area contributed by atoms with Crippen molar-refractivity contribution in [3.8, 4) is 11.5 Å². The maximum atomic E-state index is 11.9. The molecule has 3 rings (SSSR count). The van der Waals surface area contributed by atoms with Crippen LogP contribution in [0.2, 0.25) is 10.0 Å². The Kier molecular flexibility index (Phi) is 5.61. The van der Waals surface area contributed by atoms with Gasteiger partial charge in [0.15, 0.2) is 6.61 Å². The van der Waals surface area contributed by atoms with Crippen molar-refractivity contribution in [2.75, 3.05) is 6.61 Å². The van der Waals surface area contributed by atoms with Crippen LogP contribution in [0.25, 0.3) is 10.8 Å². The minimum Gasteiger partial charge on any atom is -0.507 e. The number of phenols is 1. The van der Waals surface area contributed by atoms with Crippen molar-refractivity contribution >= 4 is 46.1 Å². The summed E-state index contributed by atoms with van der Waals surface area (Å²) in [4.78, 5) is 11.9. The summed E-state index contributed by atoms with van der Waals surface area (Å²) in [5.74, 6) is -0.0920. The third-order valence-electron chi connectivity index (χ3n) is 3.58. The number of fused-ring (bicyclic) bond motifs is 1. The van der Waals surface area contributed by atoms with Gasteiger partial charge >= 0.3 is 0 Å². The van der Waals surface area contributed by atoms with Crippen LogP contribution in [0, 0.1) is 0 Å². The molecule has 3 aromatic rings. The van der Waals surface area contributed by atoms with Gasteiger partial charge in [-0.05, 0) is 29.0 Å². The van der Waals surface area contributed by atoms with E-state index in [0.717, 1.165) is 10.8 Å². The van der Waals surface area contributed by atoms with Crippen LogP contribution in [0.5, 0.6) is 11.5 Å². The lowest BCUT2D eigenvalue weighted by atomic mass is 10.0. The summed E-state index contributed by atoms with van der Waals surface area (Å²) in [6, 6.07) is 15.7. The van der Waals surface area contributed by atoms with Crippen molar-refractivity contribution < 1.29 is 14.6 Å². The zero-order valence-electron chi connectivity index (χ0n) is 13.4. The van der Waals surface area contributed by atoms with E-state index in [-0.39, 0.29) is 12.4 Å². The molecule has 26 heavy (non-hydrogen) atoms. The third-order valence-corrected chi connectivity index (χ3v) is 4.13. The molecule has 0 radical (unpaired) electrons. The highest BCUT2D eigenvalue weighted by Crippen LogP contribution is 2.27. The molecule has 0 aromatic heterocycles. The van der Waals surface area contributed by atoms with Crippen LogP contribution in [0.15, 0.2) is 59.7 Å². The fourth-order valence-electron chi connectivity index (χ4n) is 2.35. The molecule has 2 N–H and O–H groups in total. The maximum absolute atomic E-state index is 11.9. The number of nitrogens with one attached hydrogen (secondary N) is 1. The maximum Gasteiger partial charge on any atom is 0.277 e. The number of aromatic hydroxyl groups is 1. The Labute approximate surface area is 159 Å². The fraction of sp³-hybridized carbons (Fsp3) is 0.0526. The van der Waals surface area contributed by atoms with Crippen LogP contribution in [0.3, 0.4) is 0 Å². The molecule has 0 aliphatic carbocycles. The molecule has 0 spiro atoms. The van der Waals surface area contributed by atoms with Gasteiger partial charge in [-0.15, -0.1) is 0 Å². The number of amides is 1. The molecule has 0 heterocycles. The highest BCUT2D eigenvalue weighted by atomic mass is 35.5. The van der Waals surface area contributed by atoms with Gasteiger partial charge < -0.3 is 9.84 Å². The Bertz CT molecular complexity index is 990. The van der Waals surface area contributed by atoms with Crippen LogP contribution < -0.4 is 10.2 Å².